The van der Waals surface area contributed by atoms with Crippen molar-refractivity contribution in [3.8, 4) is 22.9 Å². The summed E-state index contributed by atoms with van der Waals surface area (Å²) in [4.78, 5) is 6.93. The summed E-state index contributed by atoms with van der Waals surface area (Å²) >= 11 is 0. The molecule has 4 rings (SSSR count). The highest BCUT2D eigenvalue weighted by Gasteiger charge is 2.16. The van der Waals surface area contributed by atoms with E-state index >= 15 is 0 Å². The molecule has 0 bridgehead atoms. The van der Waals surface area contributed by atoms with Gasteiger partial charge in [-0.3, -0.25) is 0 Å². The Hall–Kier alpha value is -3.15. The molecule has 4 heterocycles. The lowest BCUT2D eigenvalue weighted by Crippen LogP contribution is -2.43. The van der Waals surface area contributed by atoms with Gasteiger partial charge in [0.05, 0.1) is 29.6 Å². The number of hydrogen-bond acceptors (Lipinski definition) is 7. The predicted molar refractivity (Wildman–Crippen MR) is 110 cm³/mol. The number of pyridine rings is 2. The number of methoxy groups -OCH3 is 1. The minimum absolute atomic E-state index is 0.0265. The second-order valence-corrected chi connectivity index (χ2v) is 7.05. The van der Waals surface area contributed by atoms with Crippen LogP contribution in [0.5, 0.6) is 5.75 Å². The highest BCUT2D eigenvalue weighted by Crippen LogP contribution is 2.31. The fourth-order valence-corrected chi connectivity index (χ4v) is 3.39. The molecule has 8 heteroatoms. The van der Waals surface area contributed by atoms with E-state index in [9.17, 15) is 5.26 Å². The van der Waals surface area contributed by atoms with Crippen LogP contribution < -0.4 is 15.0 Å². The van der Waals surface area contributed by atoms with Gasteiger partial charge < -0.3 is 19.7 Å². The van der Waals surface area contributed by atoms with Crippen LogP contribution in [0, 0.1) is 11.3 Å². The molecule has 1 atom stereocenters. The van der Waals surface area contributed by atoms with E-state index < -0.39 is 0 Å². The number of ether oxygens (including phenoxy) is 2. The summed E-state index contributed by atoms with van der Waals surface area (Å²) in [5.41, 5.74) is 3.04. The molecule has 1 unspecified atom stereocenters. The molecule has 0 aliphatic carbocycles. The van der Waals surface area contributed by atoms with E-state index in [-0.39, 0.29) is 6.10 Å². The van der Waals surface area contributed by atoms with Crippen molar-refractivity contribution in [2.75, 3.05) is 44.8 Å². The first-order valence-corrected chi connectivity index (χ1v) is 9.68. The minimum Gasteiger partial charge on any atom is -0.489 e. The molecule has 3 aromatic heterocycles. The van der Waals surface area contributed by atoms with Gasteiger partial charge in [-0.05, 0) is 25.1 Å². The maximum atomic E-state index is 9.51. The monoisotopic (exact) mass is 392 g/mol. The zero-order chi connectivity index (χ0) is 20.2. The number of piperazine rings is 1. The van der Waals surface area contributed by atoms with Crippen LogP contribution in [0.15, 0.2) is 36.8 Å². The standard InChI is InChI=1S/C21H24N6O2/c1-15(28-2)14-29-18-9-19(21-17(10-22)12-25-27(21)13-18)16-3-4-20(24-11-16)26-7-5-23-6-8-26/h3-4,9,11-13,15,23H,5-8,14H2,1-2H3. The molecule has 8 nitrogen and oxygen atoms in total. The number of fused-ring (bicyclic) bond motifs is 1. The van der Waals surface area contributed by atoms with Gasteiger partial charge in [-0.15, -0.1) is 0 Å². The molecule has 1 fully saturated rings. The topological polar surface area (TPSA) is 87.7 Å². The summed E-state index contributed by atoms with van der Waals surface area (Å²) in [6.45, 7) is 6.18. The van der Waals surface area contributed by atoms with Crippen molar-refractivity contribution in [1.29, 1.82) is 5.26 Å². The van der Waals surface area contributed by atoms with Gasteiger partial charge in [-0.2, -0.15) is 10.4 Å². The molecule has 3 aromatic rings. The van der Waals surface area contributed by atoms with E-state index in [1.807, 2.05) is 31.3 Å². The van der Waals surface area contributed by atoms with Gasteiger partial charge >= 0.3 is 0 Å². The zero-order valence-electron chi connectivity index (χ0n) is 16.6. The molecule has 1 saturated heterocycles. The Balaban J connectivity index is 1.70. The quantitative estimate of drug-likeness (QED) is 0.687. The maximum Gasteiger partial charge on any atom is 0.138 e. The van der Waals surface area contributed by atoms with E-state index in [4.69, 9.17) is 9.47 Å². The zero-order valence-corrected chi connectivity index (χ0v) is 16.6. The van der Waals surface area contributed by atoms with Crippen molar-refractivity contribution >= 4 is 11.3 Å². The summed E-state index contributed by atoms with van der Waals surface area (Å²) in [7, 11) is 1.65. The van der Waals surface area contributed by atoms with E-state index in [1.165, 1.54) is 0 Å². The lowest BCUT2D eigenvalue weighted by molar-refractivity contribution is 0.0715. The molecule has 0 spiro atoms. The highest BCUT2D eigenvalue weighted by atomic mass is 16.5. The Bertz CT molecular complexity index is 1020. The van der Waals surface area contributed by atoms with Gasteiger partial charge in [-0.1, -0.05) is 0 Å². The van der Waals surface area contributed by atoms with Gasteiger partial charge in [0.2, 0.25) is 0 Å². The number of nitrogens with zero attached hydrogens (tertiary/aromatic N) is 5. The first-order valence-electron chi connectivity index (χ1n) is 9.68. The van der Waals surface area contributed by atoms with Gasteiger partial charge in [-0.25, -0.2) is 9.50 Å². The summed E-state index contributed by atoms with van der Waals surface area (Å²) in [5.74, 6) is 1.62. The second-order valence-electron chi connectivity index (χ2n) is 7.05. The van der Waals surface area contributed by atoms with Gasteiger partial charge in [0.15, 0.2) is 0 Å². The van der Waals surface area contributed by atoms with E-state index in [0.717, 1.165) is 48.6 Å². The first kappa shape index (κ1) is 19.2. The van der Waals surface area contributed by atoms with Crippen LogP contribution in [0.25, 0.3) is 16.6 Å². The number of rotatable bonds is 6. The van der Waals surface area contributed by atoms with Crippen LogP contribution in [0.3, 0.4) is 0 Å². The molecule has 1 aliphatic rings. The molecule has 29 heavy (non-hydrogen) atoms. The van der Waals surface area contributed by atoms with Crippen LogP contribution in [-0.4, -0.2) is 60.6 Å². The molecule has 150 valence electrons. The molecule has 0 radical (unpaired) electrons. The van der Waals surface area contributed by atoms with Crippen molar-refractivity contribution < 1.29 is 9.47 Å². The third-order valence-corrected chi connectivity index (χ3v) is 5.09. The van der Waals surface area contributed by atoms with Crippen molar-refractivity contribution in [1.82, 2.24) is 19.9 Å². The van der Waals surface area contributed by atoms with Crippen LogP contribution in [0.2, 0.25) is 0 Å². The second kappa shape index (κ2) is 8.47. The Kier molecular flexibility index (Phi) is 5.60. The smallest absolute Gasteiger partial charge is 0.138 e. The number of hydrogen-bond donors (Lipinski definition) is 1. The Morgan fingerprint density at radius 3 is 2.79 bits per heavy atom. The van der Waals surface area contributed by atoms with Crippen molar-refractivity contribution in [3.63, 3.8) is 0 Å². The summed E-state index contributed by atoms with van der Waals surface area (Å²) in [6, 6.07) is 8.22. The van der Waals surface area contributed by atoms with Crippen molar-refractivity contribution in [2.45, 2.75) is 13.0 Å². The third kappa shape index (κ3) is 4.01. The first-order chi connectivity index (χ1) is 14.2. The van der Waals surface area contributed by atoms with Crippen LogP contribution >= 0.6 is 0 Å². The lowest BCUT2D eigenvalue weighted by atomic mass is 10.1. The maximum absolute atomic E-state index is 9.51. The Morgan fingerprint density at radius 1 is 1.28 bits per heavy atom. The van der Waals surface area contributed by atoms with E-state index in [0.29, 0.717) is 17.9 Å². The van der Waals surface area contributed by atoms with Gasteiger partial charge in [0, 0.05) is 50.6 Å². The summed E-state index contributed by atoms with van der Waals surface area (Å²) in [6.07, 6.45) is 5.18. The van der Waals surface area contributed by atoms with E-state index in [2.05, 4.69) is 26.4 Å². The van der Waals surface area contributed by atoms with Crippen LogP contribution in [-0.2, 0) is 4.74 Å². The summed E-state index contributed by atoms with van der Waals surface area (Å²) in [5, 5.41) is 17.2. The van der Waals surface area contributed by atoms with Gasteiger partial charge in [0.1, 0.15) is 24.2 Å². The molecule has 0 saturated carbocycles. The van der Waals surface area contributed by atoms with E-state index in [1.54, 1.807) is 24.0 Å². The summed E-state index contributed by atoms with van der Waals surface area (Å²) < 4.78 is 12.8. The average molecular weight is 392 g/mol. The fourth-order valence-electron chi connectivity index (χ4n) is 3.39. The van der Waals surface area contributed by atoms with Crippen molar-refractivity contribution in [2.24, 2.45) is 0 Å². The molecular formula is C21H24N6O2. The number of anilines is 1. The lowest BCUT2D eigenvalue weighted by Gasteiger charge is -2.28. The highest BCUT2D eigenvalue weighted by molar-refractivity contribution is 5.85. The van der Waals surface area contributed by atoms with Crippen LogP contribution in [0.1, 0.15) is 12.5 Å². The predicted octanol–water partition coefficient (Wildman–Crippen LogP) is 2.09. The van der Waals surface area contributed by atoms with Crippen molar-refractivity contribution in [3.05, 3.63) is 42.4 Å². The van der Waals surface area contributed by atoms with Crippen LogP contribution in [0.4, 0.5) is 5.82 Å². The molecule has 0 aromatic carbocycles. The fraction of sp³-hybridized carbons (Fsp3) is 0.381. The molecule has 1 N–H and O–H groups in total. The average Bonchev–Trinajstić information content (AvgIpc) is 3.20. The SMILES string of the molecule is COC(C)COc1cc(-c2ccc(N3CCNCC3)nc2)c2c(C#N)cnn2c1. The third-order valence-electron chi connectivity index (χ3n) is 5.09. The largest absolute Gasteiger partial charge is 0.489 e. The number of nitriles is 1. The molecule has 0 amide bonds. The Morgan fingerprint density at radius 2 is 2.10 bits per heavy atom. The molecule has 1 aliphatic heterocycles. The molecular weight excluding hydrogens is 368 g/mol. The van der Waals surface area contributed by atoms with Gasteiger partial charge in [0.25, 0.3) is 0 Å². The number of aromatic nitrogens is 3. The Labute approximate surface area is 169 Å². The normalized spacial score (nSPS) is 15.3. The minimum atomic E-state index is -0.0265. The number of nitrogens with one attached hydrogen (secondary N) is 1.